The maximum absolute atomic E-state index is 12.1. The third-order valence-electron chi connectivity index (χ3n) is 3.93. The first kappa shape index (κ1) is 19.1. The fourth-order valence-electron chi connectivity index (χ4n) is 2.55. The first-order chi connectivity index (χ1) is 13.0. The Labute approximate surface area is 166 Å². The van der Waals surface area contributed by atoms with E-state index in [0.717, 1.165) is 5.56 Å². The summed E-state index contributed by atoms with van der Waals surface area (Å²) in [6.07, 6.45) is 0.734. The van der Waals surface area contributed by atoms with Gasteiger partial charge in [0.15, 0.2) is 0 Å². The number of aromatic nitrogens is 2. The van der Waals surface area contributed by atoms with Crippen LogP contribution in [0.25, 0.3) is 11.3 Å². The van der Waals surface area contributed by atoms with E-state index in [1.165, 1.54) is 10.7 Å². The summed E-state index contributed by atoms with van der Waals surface area (Å²) in [7, 11) is 0. The molecule has 0 aliphatic carbocycles. The van der Waals surface area contributed by atoms with Crippen LogP contribution in [0.1, 0.15) is 12.8 Å². The number of aryl methyl sites for hydroxylation is 1. The van der Waals surface area contributed by atoms with Gasteiger partial charge < -0.3 is 5.32 Å². The van der Waals surface area contributed by atoms with Crippen molar-refractivity contribution < 1.29 is 4.79 Å². The van der Waals surface area contributed by atoms with Crippen molar-refractivity contribution in [1.29, 1.82) is 0 Å². The molecule has 1 heterocycles. The molecule has 138 valence electrons. The molecule has 0 unspecified atom stereocenters. The molecule has 3 aromatic rings. The predicted molar refractivity (Wildman–Crippen MR) is 108 cm³/mol. The molecular weight excluding hydrogens is 385 g/mol. The molecule has 0 saturated heterocycles. The number of halogens is 2. The van der Waals surface area contributed by atoms with Gasteiger partial charge in [-0.05, 0) is 36.8 Å². The van der Waals surface area contributed by atoms with Crippen LogP contribution in [-0.2, 0) is 11.3 Å². The van der Waals surface area contributed by atoms with E-state index in [1.807, 2.05) is 12.1 Å². The number of carbonyl (C=O) groups is 1. The van der Waals surface area contributed by atoms with E-state index in [2.05, 4.69) is 10.4 Å². The number of nitrogens with zero attached hydrogens (tertiary/aromatic N) is 2. The van der Waals surface area contributed by atoms with Crippen LogP contribution in [0.5, 0.6) is 0 Å². The van der Waals surface area contributed by atoms with Gasteiger partial charge in [-0.25, -0.2) is 4.68 Å². The van der Waals surface area contributed by atoms with E-state index in [4.69, 9.17) is 23.2 Å². The number of nitrogens with one attached hydrogen (secondary N) is 1. The molecule has 7 heteroatoms. The standard InChI is InChI=1S/C20H17Cl2N3O2/c21-15-9-7-14(8-10-15)17-11-12-20(27)25(24-17)13-3-6-19(26)23-18-5-2-1-4-16(18)22/h1-2,4-5,7-12H,3,6,13H2,(H,23,26). The van der Waals surface area contributed by atoms with Gasteiger partial charge in [0.25, 0.3) is 5.56 Å². The Balaban J connectivity index is 1.61. The topological polar surface area (TPSA) is 64.0 Å². The largest absolute Gasteiger partial charge is 0.325 e. The first-order valence-electron chi connectivity index (χ1n) is 8.41. The van der Waals surface area contributed by atoms with E-state index in [1.54, 1.807) is 42.5 Å². The van der Waals surface area contributed by atoms with E-state index < -0.39 is 0 Å². The van der Waals surface area contributed by atoms with Crippen molar-refractivity contribution in [2.45, 2.75) is 19.4 Å². The van der Waals surface area contributed by atoms with Gasteiger partial charge >= 0.3 is 0 Å². The maximum atomic E-state index is 12.1. The Morgan fingerprint density at radius 3 is 2.48 bits per heavy atom. The number of para-hydroxylation sites is 1. The molecule has 0 aliphatic heterocycles. The monoisotopic (exact) mass is 401 g/mol. The lowest BCUT2D eigenvalue weighted by molar-refractivity contribution is -0.116. The molecule has 0 spiro atoms. The zero-order chi connectivity index (χ0) is 19.2. The van der Waals surface area contributed by atoms with Crippen molar-refractivity contribution in [3.05, 3.63) is 81.1 Å². The Bertz CT molecular complexity index is 1000. The molecule has 0 bridgehead atoms. The maximum Gasteiger partial charge on any atom is 0.266 e. The number of amides is 1. The molecule has 27 heavy (non-hydrogen) atoms. The molecule has 1 N–H and O–H groups in total. The van der Waals surface area contributed by atoms with E-state index >= 15 is 0 Å². The molecule has 3 rings (SSSR count). The Kier molecular flexibility index (Phi) is 6.27. The molecule has 1 amide bonds. The lowest BCUT2D eigenvalue weighted by Gasteiger charge is -2.09. The average Bonchev–Trinajstić information content (AvgIpc) is 2.66. The quantitative estimate of drug-likeness (QED) is 0.654. The Morgan fingerprint density at radius 2 is 1.74 bits per heavy atom. The lowest BCUT2D eigenvalue weighted by Crippen LogP contribution is -2.23. The third kappa shape index (κ3) is 5.18. The minimum absolute atomic E-state index is 0.162. The van der Waals surface area contributed by atoms with Gasteiger partial charge in [0.2, 0.25) is 5.91 Å². The summed E-state index contributed by atoms with van der Waals surface area (Å²) < 4.78 is 1.37. The van der Waals surface area contributed by atoms with Gasteiger partial charge in [-0.1, -0.05) is 47.5 Å². The number of hydrogen-bond acceptors (Lipinski definition) is 3. The fraction of sp³-hybridized carbons (Fsp3) is 0.150. The van der Waals surface area contributed by atoms with Gasteiger partial charge in [0.1, 0.15) is 0 Å². The van der Waals surface area contributed by atoms with E-state index in [9.17, 15) is 9.59 Å². The van der Waals surface area contributed by atoms with Crippen LogP contribution in [-0.4, -0.2) is 15.7 Å². The average molecular weight is 402 g/mol. The van der Waals surface area contributed by atoms with Gasteiger partial charge in [-0.2, -0.15) is 5.10 Å². The number of rotatable bonds is 6. The van der Waals surface area contributed by atoms with Crippen molar-refractivity contribution >= 4 is 34.8 Å². The second-order valence-electron chi connectivity index (χ2n) is 5.92. The second kappa shape index (κ2) is 8.84. The summed E-state index contributed by atoms with van der Waals surface area (Å²) in [5.41, 5.74) is 1.90. The van der Waals surface area contributed by atoms with Crippen molar-refractivity contribution in [2.75, 3.05) is 5.32 Å². The summed E-state index contributed by atoms with van der Waals surface area (Å²) in [4.78, 5) is 24.1. The highest BCUT2D eigenvalue weighted by atomic mass is 35.5. The van der Waals surface area contributed by atoms with Crippen LogP contribution < -0.4 is 10.9 Å². The SMILES string of the molecule is O=C(CCCn1nc(-c2ccc(Cl)cc2)ccc1=O)Nc1ccccc1Cl. The number of hydrogen-bond donors (Lipinski definition) is 1. The minimum Gasteiger partial charge on any atom is -0.325 e. The Morgan fingerprint density at radius 1 is 1.00 bits per heavy atom. The molecule has 0 radical (unpaired) electrons. The zero-order valence-electron chi connectivity index (χ0n) is 14.4. The predicted octanol–water partition coefficient (Wildman–Crippen LogP) is 4.64. The molecule has 0 aliphatic rings. The number of anilines is 1. The molecule has 0 fully saturated rings. The highest BCUT2D eigenvalue weighted by molar-refractivity contribution is 6.33. The summed E-state index contributed by atoms with van der Waals surface area (Å²) in [6, 6.07) is 17.4. The highest BCUT2D eigenvalue weighted by Crippen LogP contribution is 2.21. The van der Waals surface area contributed by atoms with Crippen molar-refractivity contribution in [2.24, 2.45) is 0 Å². The summed E-state index contributed by atoms with van der Waals surface area (Å²) in [5, 5.41) is 8.26. The van der Waals surface area contributed by atoms with Crippen LogP contribution >= 0.6 is 23.2 Å². The molecule has 5 nitrogen and oxygen atoms in total. The van der Waals surface area contributed by atoms with Crippen LogP contribution in [0.15, 0.2) is 65.5 Å². The molecular formula is C20H17Cl2N3O2. The molecule has 1 aromatic heterocycles. The van der Waals surface area contributed by atoms with E-state index in [0.29, 0.717) is 34.4 Å². The van der Waals surface area contributed by atoms with Gasteiger partial charge in [0, 0.05) is 29.6 Å². The first-order valence-corrected chi connectivity index (χ1v) is 9.17. The smallest absolute Gasteiger partial charge is 0.266 e. The summed E-state index contributed by atoms with van der Waals surface area (Å²) >= 11 is 11.9. The van der Waals surface area contributed by atoms with Crippen LogP contribution in [0, 0.1) is 0 Å². The lowest BCUT2D eigenvalue weighted by atomic mass is 10.1. The molecule has 2 aromatic carbocycles. The van der Waals surface area contributed by atoms with E-state index in [-0.39, 0.29) is 17.9 Å². The third-order valence-corrected chi connectivity index (χ3v) is 4.51. The van der Waals surface area contributed by atoms with Crippen LogP contribution in [0.2, 0.25) is 10.0 Å². The second-order valence-corrected chi connectivity index (χ2v) is 6.76. The van der Waals surface area contributed by atoms with Gasteiger partial charge in [-0.3, -0.25) is 9.59 Å². The molecule has 0 saturated carbocycles. The van der Waals surface area contributed by atoms with Crippen LogP contribution in [0.4, 0.5) is 5.69 Å². The highest BCUT2D eigenvalue weighted by Gasteiger charge is 2.07. The van der Waals surface area contributed by atoms with Crippen molar-refractivity contribution in [3.8, 4) is 11.3 Å². The van der Waals surface area contributed by atoms with Crippen molar-refractivity contribution in [1.82, 2.24) is 9.78 Å². The molecule has 0 atom stereocenters. The number of benzene rings is 2. The van der Waals surface area contributed by atoms with Gasteiger partial charge in [0.05, 0.1) is 16.4 Å². The Hall–Kier alpha value is -2.63. The minimum atomic E-state index is -0.209. The summed E-state index contributed by atoms with van der Waals surface area (Å²) in [5.74, 6) is -0.162. The summed E-state index contributed by atoms with van der Waals surface area (Å²) in [6.45, 7) is 0.343. The van der Waals surface area contributed by atoms with Gasteiger partial charge in [-0.15, -0.1) is 0 Å². The van der Waals surface area contributed by atoms with Crippen molar-refractivity contribution in [3.63, 3.8) is 0 Å². The fourth-order valence-corrected chi connectivity index (χ4v) is 2.86. The zero-order valence-corrected chi connectivity index (χ0v) is 15.9. The van der Waals surface area contributed by atoms with Crippen LogP contribution in [0.3, 0.4) is 0 Å². The number of carbonyl (C=O) groups excluding carboxylic acids is 1. The normalized spacial score (nSPS) is 10.6.